The van der Waals surface area contributed by atoms with Gasteiger partial charge < -0.3 is 15.4 Å². The van der Waals surface area contributed by atoms with Crippen molar-refractivity contribution >= 4 is 15.8 Å². The monoisotopic (exact) mass is 341 g/mol. The van der Waals surface area contributed by atoms with Gasteiger partial charge in [-0.05, 0) is 32.9 Å². The highest BCUT2D eigenvalue weighted by atomic mass is 32.2. The van der Waals surface area contributed by atoms with Crippen molar-refractivity contribution in [1.29, 1.82) is 0 Å². The topological polar surface area (TPSA) is 79.8 Å². The fraction of sp³-hybridized carbons (Fsp3) is 0.562. The van der Waals surface area contributed by atoms with Gasteiger partial charge in [0.15, 0.2) is 15.8 Å². The zero-order chi connectivity index (χ0) is 17.5. The van der Waals surface area contributed by atoms with Crippen molar-refractivity contribution in [3.63, 3.8) is 0 Å². The molecule has 1 aromatic rings. The van der Waals surface area contributed by atoms with E-state index in [0.717, 1.165) is 5.75 Å². The Balaban J connectivity index is 2.36. The fourth-order valence-corrected chi connectivity index (χ4v) is 1.96. The van der Waals surface area contributed by atoms with Crippen LogP contribution in [-0.2, 0) is 9.84 Å². The summed E-state index contributed by atoms with van der Waals surface area (Å²) in [6.45, 7) is 6.72. The van der Waals surface area contributed by atoms with Gasteiger partial charge in [0.2, 0.25) is 0 Å². The molecule has 1 aromatic carbocycles. The molecule has 0 unspecified atom stereocenters. The Labute approximate surface area is 139 Å². The number of ether oxygens (including phenoxy) is 1. The van der Waals surface area contributed by atoms with Crippen LogP contribution in [-0.4, -0.2) is 52.1 Å². The van der Waals surface area contributed by atoms with Crippen LogP contribution >= 0.6 is 0 Å². The summed E-state index contributed by atoms with van der Waals surface area (Å²) in [4.78, 5) is 4.07. The molecule has 0 atom stereocenters. The van der Waals surface area contributed by atoms with Crippen LogP contribution in [0.2, 0.25) is 0 Å². The maximum Gasteiger partial charge on any atom is 0.191 e. The summed E-state index contributed by atoms with van der Waals surface area (Å²) >= 11 is 0. The van der Waals surface area contributed by atoms with Crippen molar-refractivity contribution in [2.24, 2.45) is 4.99 Å². The van der Waals surface area contributed by atoms with E-state index in [4.69, 9.17) is 4.74 Å². The first-order valence-electron chi connectivity index (χ1n) is 7.49. The fourth-order valence-electron chi connectivity index (χ4n) is 1.62. The Hall–Kier alpha value is -1.76. The smallest absolute Gasteiger partial charge is 0.191 e. The molecule has 2 N–H and O–H groups in total. The van der Waals surface area contributed by atoms with Crippen molar-refractivity contribution in [3.8, 4) is 5.75 Å². The lowest BCUT2D eigenvalue weighted by molar-refractivity contribution is 0.322. The summed E-state index contributed by atoms with van der Waals surface area (Å²) in [5.41, 5.74) is 1.19. The Morgan fingerprint density at radius 3 is 2.35 bits per heavy atom. The highest BCUT2D eigenvalue weighted by Gasteiger charge is 2.30. The number of hydrogen-bond donors (Lipinski definition) is 2. The highest BCUT2D eigenvalue weighted by Crippen LogP contribution is 2.13. The van der Waals surface area contributed by atoms with Crippen LogP contribution in [0.5, 0.6) is 5.75 Å². The van der Waals surface area contributed by atoms with E-state index in [1.54, 1.807) is 20.9 Å². The minimum absolute atomic E-state index is 0.282. The number of rotatable bonds is 7. The van der Waals surface area contributed by atoms with Crippen molar-refractivity contribution < 1.29 is 13.2 Å². The van der Waals surface area contributed by atoms with Gasteiger partial charge in [-0.15, -0.1) is 0 Å². The lowest BCUT2D eigenvalue weighted by Crippen LogP contribution is -2.48. The van der Waals surface area contributed by atoms with E-state index in [-0.39, 0.29) is 6.54 Å². The van der Waals surface area contributed by atoms with Crippen LogP contribution in [0.3, 0.4) is 0 Å². The van der Waals surface area contributed by atoms with Crippen LogP contribution < -0.4 is 15.4 Å². The Kier molecular flexibility index (Phi) is 6.87. The first kappa shape index (κ1) is 19.3. The average molecular weight is 341 g/mol. The molecule has 0 aliphatic rings. The first-order valence-corrected chi connectivity index (χ1v) is 9.38. The number of nitrogens with one attached hydrogen (secondary N) is 2. The average Bonchev–Trinajstić information content (AvgIpc) is 2.47. The normalized spacial score (nSPS) is 12.8. The van der Waals surface area contributed by atoms with Crippen molar-refractivity contribution in [2.45, 2.75) is 25.5 Å². The van der Waals surface area contributed by atoms with Crippen molar-refractivity contribution in [1.82, 2.24) is 10.6 Å². The van der Waals surface area contributed by atoms with Crippen LogP contribution in [0, 0.1) is 6.92 Å². The molecular weight excluding hydrogens is 314 g/mol. The van der Waals surface area contributed by atoms with Crippen molar-refractivity contribution in [2.75, 3.05) is 33.0 Å². The molecule has 6 nitrogen and oxygen atoms in total. The van der Waals surface area contributed by atoms with Crippen LogP contribution in [0.25, 0.3) is 0 Å². The van der Waals surface area contributed by atoms with E-state index in [9.17, 15) is 8.42 Å². The minimum atomic E-state index is -3.14. The quantitative estimate of drug-likeness (QED) is 0.445. The highest BCUT2D eigenvalue weighted by molar-refractivity contribution is 7.92. The number of aliphatic imine (C=N–C) groups is 1. The molecule has 0 spiro atoms. The van der Waals surface area contributed by atoms with Gasteiger partial charge in [-0.1, -0.05) is 17.7 Å². The van der Waals surface area contributed by atoms with Crippen LogP contribution in [0.1, 0.15) is 19.4 Å². The van der Waals surface area contributed by atoms with Gasteiger partial charge in [-0.2, -0.15) is 0 Å². The number of benzene rings is 1. The SMILES string of the molecule is CN=C(NCCOc1ccc(C)cc1)NCC(C)(C)S(C)(=O)=O. The Bertz CT molecular complexity index is 622. The van der Waals surface area contributed by atoms with Gasteiger partial charge in [-0.3, -0.25) is 4.99 Å². The molecule has 0 saturated heterocycles. The number of hydrogen-bond acceptors (Lipinski definition) is 4. The molecule has 7 heteroatoms. The zero-order valence-electron chi connectivity index (χ0n) is 14.5. The second-order valence-electron chi connectivity index (χ2n) is 6.05. The third-order valence-corrected chi connectivity index (χ3v) is 5.75. The van der Waals surface area contributed by atoms with E-state index < -0.39 is 14.6 Å². The molecule has 1 rings (SSSR count). The molecular formula is C16H27N3O3S. The molecule has 0 aliphatic carbocycles. The maximum absolute atomic E-state index is 11.7. The molecule has 0 heterocycles. The number of sulfone groups is 1. The molecule has 0 fully saturated rings. The third-order valence-electron chi connectivity index (χ3n) is 3.59. The second kappa shape index (κ2) is 8.19. The summed E-state index contributed by atoms with van der Waals surface area (Å²) in [6.07, 6.45) is 1.24. The van der Waals surface area contributed by atoms with Gasteiger partial charge in [0.05, 0.1) is 11.3 Å². The van der Waals surface area contributed by atoms with Gasteiger partial charge in [0.25, 0.3) is 0 Å². The molecule has 130 valence electrons. The number of aryl methyl sites for hydroxylation is 1. The summed E-state index contributed by atoms with van der Waals surface area (Å²) in [6, 6.07) is 7.85. The van der Waals surface area contributed by atoms with Gasteiger partial charge in [0, 0.05) is 19.8 Å². The van der Waals surface area contributed by atoms with Crippen LogP contribution in [0.15, 0.2) is 29.3 Å². The molecule has 0 saturated carbocycles. The standard InChI is InChI=1S/C16H27N3O3S/c1-13-6-8-14(9-7-13)22-11-10-18-15(17-4)19-12-16(2,3)23(5,20)21/h6-9H,10-12H2,1-5H3,(H2,17,18,19). The lowest BCUT2D eigenvalue weighted by Gasteiger charge is -2.24. The predicted octanol–water partition coefficient (Wildman–Crippen LogP) is 1.36. The Morgan fingerprint density at radius 1 is 1.22 bits per heavy atom. The minimum Gasteiger partial charge on any atom is -0.492 e. The van der Waals surface area contributed by atoms with Crippen molar-refractivity contribution in [3.05, 3.63) is 29.8 Å². The summed E-state index contributed by atoms with van der Waals surface area (Å²) in [5.74, 6) is 1.37. The lowest BCUT2D eigenvalue weighted by atomic mass is 10.2. The van der Waals surface area contributed by atoms with E-state index in [1.807, 2.05) is 31.2 Å². The first-order chi connectivity index (χ1) is 10.7. The Morgan fingerprint density at radius 2 is 1.83 bits per heavy atom. The number of guanidine groups is 1. The molecule has 0 radical (unpaired) electrons. The number of nitrogens with zero attached hydrogens (tertiary/aromatic N) is 1. The molecule has 0 aliphatic heterocycles. The van der Waals surface area contributed by atoms with Crippen LogP contribution in [0.4, 0.5) is 0 Å². The van der Waals surface area contributed by atoms with Gasteiger partial charge >= 0.3 is 0 Å². The summed E-state index contributed by atoms with van der Waals surface area (Å²) < 4.78 is 28.1. The molecule has 0 bridgehead atoms. The molecule has 0 aromatic heterocycles. The molecule has 0 amide bonds. The second-order valence-corrected chi connectivity index (χ2v) is 8.70. The summed E-state index contributed by atoms with van der Waals surface area (Å²) in [7, 11) is -1.50. The summed E-state index contributed by atoms with van der Waals surface area (Å²) in [5, 5.41) is 6.12. The van der Waals surface area contributed by atoms with Gasteiger partial charge in [-0.25, -0.2) is 8.42 Å². The van der Waals surface area contributed by atoms with E-state index >= 15 is 0 Å². The predicted molar refractivity (Wildman–Crippen MR) is 95.0 cm³/mol. The maximum atomic E-state index is 11.7. The van der Waals surface area contributed by atoms with E-state index in [1.165, 1.54) is 11.8 Å². The third kappa shape index (κ3) is 6.48. The van der Waals surface area contributed by atoms with E-state index in [2.05, 4.69) is 15.6 Å². The van der Waals surface area contributed by atoms with E-state index in [0.29, 0.717) is 19.1 Å². The molecule has 23 heavy (non-hydrogen) atoms. The van der Waals surface area contributed by atoms with Gasteiger partial charge in [0.1, 0.15) is 12.4 Å². The zero-order valence-corrected chi connectivity index (χ0v) is 15.3. The largest absolute Gasteiger partial charge is 0.492 e.